The van der Waals surface area contributed by atoms with Crippen LogP contribution in [0, 0.1) is 6.92 Å². The molecule has 1 aromatic heterocycles. The third-order valence-electron chi connectivity index (χ3n) is 1.95. The van der Waals surface area contributed by atoms with Crippen LogP contribution in [0.1, 0.15) is 22.2 Å². The highest BCUT2D eigenvalue weighted by Gasteiger charge is 2.08. The molecule has 3 nitrogen and oxygen atoms in total. The van der Waals surface area contributed by atoms with Crippen LogP contribution in [0.4, 0.5) is 0 Å². The van der Waals surface area contributed by atoms with Crippen LogP contribution in [-0.4, -0.2) is 25.7 Å². The van der Waals surface area contributed by atoms with E-state index in [0.717, 1.165) is 16.0 Å². The van der Waals surface area contributed by atoms with Crippen LogP contribution in [0.25, 0.3) is 0 Å². The minimum Gasteiger partial charge on any atom is -0.375 e. The molecule has 0 fully saturated rings. The summed E-state index contributed by atoms with van der Waals surface area (Å²) in [5, 5.41) is 4.73. The first-order valence-electron chi connectivity index (χ1n) is 5.15. The van der Waals surface area contributed by atoms with Gasteiger partial charge >= 0.3 is 0 Å². The van der Waals surface area contributed by atoms with E-state index in [4.69, 9.17) is 4.74 Å². The normalized spacial score (nSPS) is 10.1. The van der Waals surface area contributed by atoms with Crippen molar-refractivity contribution in [2.45, 2.75) is 13.8 Å². The van der Waals surface area contributed by atoms with E-state index in [1.807, 2.05) is 25.3 Å². The minimum atomic E-state index is -0.0218. The molecule has 0 aliphatic carbocycles. The van der Waals surface area contributed by atoms with Crippen molar-refractivity contribution in [2.75, 3.05) is 19.8 Å². The van der Waals surface area contributed by atoms with Gasteiger partial charge in [0.15, 0.2) is 0 Å². The first kappa shape index (κ1) is 12.9. The van der Waals surface area contributed by atoms with Gasteiger partial charge in [-0.15, -0.1) is 11.3 Å². The molecule has 1 heterocycles. The van der Waals surface area contributed by atoms with Gasteiger partial charge in [0.05, 0.1) is 18.1 Å². The van der Waals surface area contributed by atoms with Crippen LogP contribution in [0.3, 0.4) is 0 Å². The number of thiophene rings is 1. The third-order valence-corrected chi connectivity index (χ3v) is 2.96. The predicted octanol–water partition coefficient (Wildman–Crippen LogP) is 2.38. The summed E-state index contributed by atoms with van der Waals surface area (Å²) < 4.78 is 5.28. The summed E-state index contributed by atoms with van der Waals surface area (Å²) in [4.78, 5) is 12.4. The predicted molar refractivity (Wildman–Crippen MR) is 67.0 cm³/mol. The maximum absolute atomic E-state index is 11.6. The van der Waals surface area contributed by atoms with Gasteiger partial charge in [-0.05, 0) is 30.9 Å². The van der Waals surface area contributed by atoms with Crippen LogP contribution in [-0.2, 0) is 4.74 Å². The third kappa shape index (κ3) is 4.16. The van der Waals surface area contributed by atoms with Crippen molar-refractivity contribution in [3.8, 4) is 0 Å². The molecule has 0 radical (unpaired) electrons. The van der Waals surface area contributed by atoms with Gasteiger partial charge in [-0.1, -0.05) is 12.2 Å². The highest BCUT2D eigenvalue weighted by Crippen LogP contribution is 2.14. The number of hydrogen-bond acceptors (Lipinski definition) is 3. The Labute approximate surface area is 100 Å². The Kier molecular flexibility index (Phi) is 5.22. The number of hydrogen-bond donors (Lipinski definition) is 1. The lowest BCUT2D eigenvalue weighted by Crippen LogP contribution is -2.27. The van der Waals surface area contributed by atoms with Crippen LogP contribution in [0.15, 0.2) is 23.6 Å². The van der Waals surface area contributed by atoms with E-state index >= 15 is 0 Å². The lowest BCUT2D eigenvalue weighted by atomic mass is 10.3. The van der Waals surface area contributed by atoms with Gasteiger partial charge in [-0.2, -0.15) is 0 Å². The van der Waals surface area contributed by atoms with Gasteiger partial charge in [-0.3, -0.25) is 4.79 Å². The Bertz CT molecular complexity index is 371. The molecular weight excluding hydrogens is 222 g/mol. The smallest absolute Gasteiger partial charge is 0.261 e. The van der Waals surface area contributed by atoms with Gasteiger partial charge in [0.2, 0.25) is 0 Å². The summed E-state index contributed by atoms with van der Waals surface area (Å²) in [6, 6.07) is 1.94. The molecule has 1 rings (SSSR count). The number of carbonyl (C=O) groups excluding carboxylic acids is 1. The quantitative estimate of drug-likeness (QED) is 0.611. The fourth-order valence-electron chi connectivity index (χ4n) is 1.17. The zero-order valence-corrected chi connectivity index (χ0v) is 10.5. The molecule has 0 aliphatic rings. The average molecular weight is 239 g/mol. The fourth-order valence-corrected chi connectivity index (χ4v) is 2.01. The Morgan fingerprint density at radius 1 is 1.62 bits per heavy atom. The Balaban J connectivity index is 2.21. The number of amides is 1. The second kappa shape index (κ2) is 6.45. The van der Waals surface area contributed by atoms with Crippen LogP contribution < -0.4 is 5.32 Å². The van der Waals surface area contributed by atoms with E-state index in [0.29, 0.717) is 19.8 Å². The SMILES string of the molecule is C=C(C)COCCNC(=O)c1sccc1C. The van der Waals surface area contributed by atoms with E-state index in [1.165, 1.54) is 11.3 Å². The zero-order chi connectivity index (χ0) is 12.0. The lowest BCUT2D eigenvalue weighted by Gasteiger charge is -2.05. The minimum absolute atomic E-state index is 0.0218. The van der Waals surface area contributed by atoms with E-state index in [1.54, 1.807) is 0 Å². The molecule has 1 N–H and O–H groups in total. The Morgan fingerprint density at radius 3 is 2.94 bits per heavy atom. The summed E-state index contributed by atoms with van der Waals surface area (Å²) in [5.41, 5.74) is 2.01. The molecular formula is C12H17NO2S. The molecule has 16 heavy (non-hydrogen) atoms. The highest BCUT2D eigenvalue weighted by molar-refractivity contribution is 7.12. The number of rotatable bonds is 6. The van der Waals surface area contributed by atoms with E-state index in [-0.39, 0.29) is 5.91 Å². The van der Waals surface area contributed by atoms with Gasteiger partial charge in [-0.25, -0.2) is 0 Å². The molecule has 0 aliphatic heterocycles. The van der Waals surface area contributed by atoms with E-state index in [9.17, 15) is 4.79 Å². The Hall–Kier alpha value is -1.13. The number of ether oxygens (including phenoxy) is 1. The summed E-state index contributed by atoms with van der Waals surface area (Å²) in [6.45, 7) is 9.17. The summed E-state index contributed by atoms with van der Waals surface area (Å²) in [7, 11) is 0. The Morgan fingerprint density at radius 2 is 2.38 bits per heavy atom. The topological polar surface area (TPSA) is 38.3 Å². The first-order chi connectivity index (χ1) is 7.61. The van der Waals surface area contributed by atoms with Gasteiger partial charge in [0.25, 0.3) is 5.91 Å². The fraction of sp³-hybridized carbons (Fsp3) is 0.417. The summed E-state index contributed by atoms with van der Waals surface area (Å²) in [5.74, 6) is -0.0218. The molecule has 0 atom stereocenters. The van der Waals surface area contributed by atoms with Crippen molar-refractivity contribution in [3.05, 3.63) is 34.0 Å². The molecule has 0 spiro atoms. The molecule has 0 saturated heterocycles. The van der Waals surface area contributed by atoms with Crippen molar-refractivity contribution >= 4 is 17.2 Å². The van der Waals surface area contributed by atoms with Gasteiger partial charge < -0.3 is 10.1 Å². The van der Waals surface area contributed by atoms with Crippen molar-refractivity contribution < 1.29 is 9.53 Å². The zero-order valence-electron chi connectivity index (χ0n) is 9.71. The van der Waals surface area contributed by atoms with E-state index in [2.05, 4.69) is 11.9 Å². The molecule has 4 heteroatoms. The second-order valence-electron chi connectivity index (χ2n) is 3.70. The van der Waals surface area contributed by atoms with Crippen LogP contribution in [0.5, 0.6) is 0 Å². The maximum atomic E-state index is 11.6. The first-order valence-corrected chi connectivity index (χ1v) is 6.03. The molecule has 1 amide bonds. The van der Waals surface area contributed by atoms with Crippen molar-refractivity contribution in [1.29, 1.82) is 0 Å². The largest absolute Gasteiger partial charge is 0.375 e. The monoisotopic (exact) mass is 239 g/mol. The molecule has 0 bridgehead atoms. The van der Waals surface area contributed by atoms with Crippen LogP contribution in [0.2, 0.25) is 0 Å². The van der Waals surface area contributed by atoms with Crippen LogP contribution >= 0.6 is 11.3 Å². The average Bonchev–Trinajstić information content (AvgIpc) is 2.63. The highest BCUT2D eigenvalue weighted by atomic mass is 32.1. The van der Waals surface area contributed by atoms with Crippen molar-refractivity contribution in [1.82, 2.24) is 5.32 Å². The molecule has 0 aromatic carbocycles. The summed E-state index contributed by atoms with van der Waals surface area (Å²) in [6.07, 6.45) is 0. The van der Waals surface area contributed by atoms with Crippen molar-refractivity contribution in [3.63, 3.8) is 0 Å². The molecule has 0 saturated carbocycles. The number of carbonyl (C=O) groups is 1. The summed E-state index contributed by atoms with van der Waals surface area (Å²) >= 11 is 1.46. The standard InChI is InChI=1S/C12H17NO2S/c1-9(2)8-15-6-5-13-12(14)11-10(3)4-7-16-11/h4,7H,1,5-6,8H2,2-3H3,(H,13,14). The van der Waals surface area contributed by atoms with Crippen molar-refractivity contribution in [2.24, 2.45) is 0 Å². The van der Waals surface area contributed by atoms with Gasteiger partial charge in [0, 0.05) is 6.54 Å². The molecule has 0 unspecified atom stereocenters. The number of nitrogens with one attached hydrogen (secondary N) is 1. The lowest BCUT2D eigenvalue weighted by molar-refractivity contribution is 0.0930. The molecule has 1 aromatic rings. The second-order valence-corrected chi connectivity index (χ2v) is 4.61. The number of aryl methyl sites for hydroxylation is 1. The maximum Gasteiger partial charge on any atom is 0.261 e. The van der Waals surface area contributed by atoms with Gasteiger partial charge in [0.1, 0.15) is 0 Å². The molecule has 88 valence electrons. The van der Waals surface area contributed by atoms with E-state index < -0.39 is 0 Å².